The first-order valence-corrected chi connectivity index (χ1v) is 9.63. The van der Waals surface area contributed by atoms with Gasteiger partial charge in [0.2, 0.25) is 5.89 Å². The van der Waals surface area contributed by atoms with Crippen LogP contribution in [0.3, 0.4) is 0 Å². The number of nitrogens with zero attached hydrogens (tertiary/aromatic N) is 4. The molecule has 0 aliphatic carbocycles. The summed E-state index contributed by atoms with van der Waals surface area (Å²) in [5, 5.41) is 5.18. The molecule has 1 aromatic carbocycles. The van der Waals surface area contributed by atoms with Crippen molar-refractivity contribution >= 4 is 16.8 Å². The van der Waals surface area contributed by atoms with Gasteiger partial charge >= 0.3 is 0 Å². The van der Waals surface area contributed by atoms with Crippen molar-refractivity contribution in [3.63, 3.8) is 0 Å². The molecule has 1 atom stereocenters. The molecule has 1 amide bonds. The highest BCUT2D eigenvalue weighted by Gasteiger charge is 2.30. The first kappa shape index (κ1) is 17.8. The van der Waals surface area contributed by atoms with E-state index in [2.05, 4.69) is 29.2 Å². The zero-order chi connectivity index (χ0) is 19.1. The molecular formula is C21H26N4O2. The van der Waals surface area contributed by atoms with Gasteiger partial charge in [-0.25, -0.2) is 0 Å². The summed E-state index contributed by atoms with van der Waals surface area (Å²) in [4.78, 5) is 19.7. The number of aryl methyl sites for hydroxylation is 2. The van der Waals surface area contributed by atoms with E-state index in [-0.39, 0.29) is 17.7 Å². The van der Waals surface area contributed by atoms with Crippen LogP contribution in [0.1, 0.15) is 66.3 Å². The Kier molecular flexibility index (Phi) is 4.50. The second-order valence-electron chi connectivity index (χ2n) is 7.84. The third-order valence-electron chi connectivity index (χ3n) is 5.51. The van der Waals surface area contributed by atoms with Gasteiger partial charge < -0.3 is 14.0 Å². The van der Waals surface area contributed by atoms with Crippen molar-refractivity contribution in [2.45, 2.75) is 45.4 Å². The van der Waals surface area contributed by atoms with Gasteiger partial charge in [-0.3, -0.25) is 4.79 Å². The van der Waals surface area contributed by atoms with E-state index in [0.717, 1.165) is 41.8 Å². The van der Waals surface area contributed by atoms with Crippen LogP contribution in [0.25, 0.3) is 10.9 Å². The van der Waals surface area contributed by atoms with Crippen LogP contribution >= 0.6 is 0 Å². The van der Waals surface area contributed by atoms with Crippen LogP contribution in [0.15, 0.2) is 28.8 Å². The largest absolute Gasteiger partial charge is 0.339 e. The Balaban J connectivity index is 1.58. The fraction of sp³-hybridized carbons (Fsp3) is 0.476. The summed E-state index contributed by atoms with van der Waals surface area (Å²) in [6.45, 7) is 7.57. The molecule has 142 valence electrons. The molecule has 1 aliphatic heterocycles. The minimum Gasteiger partial charge on any atom is -0.339 e. The molecule has 1 aliphatic rings. The van der Waals surface area contributed by atoms with Crippen LogP contribution in [-0.4, -0.2) is 38.6 Å². The molecule has 0 N–H and O–H groups in total. The monoisotopic (exact) mass is 366 g/mol. The number of aromatic nitrogens is 3. The Bertz CT molecular complexity index is 985. The molecule has 1 fully saturated rings. The molecule has 6 heteroatoms. The Morgan fingerprint density at radius 2 is 2.15 bits per heavy atom. The second kappa shape index (κ2) is 6.83. The third kappa shape index (κ3) is 3.13. The smallest absolute Gasteiger partial charge is 0.270 e. The van der Waals surface area contributed by atoms with Crippen molar-refractivity contribution < 1.29 is 9.32 Å². The number of carbonyl (C=O) groups excluding carboxylic acids is 1. The normalized spacial score (nSPS) is 17.8. The van der Waals surface area contributed by atoms with E-state index in [1.54, 1.807) is 0 Å². The maximum absolute atomic E-state index is 13.2. The lowest BCUT2D eigenvalue weighted by Crippen LogP contribution is -2.39. The molecule has 0 unspecified atom stereocenters. The van der Waals surface area contributed by atoms with Crippen molar-refractivity contribution in [1.82, 2.24) is 19.6 Å². The number of carbonyl (C=O) groups is 1. The Morgan fingerprint density at radius 3 is 2.85 bits per heavy atom. The van der Waals surface area contributed by atoms with Crippen LogP contribution in [0.5, 0.6) is 0 Å². The van der Waals surface area contributed by atoms with Gasteiger partial charge in [-0.1, -0.05) is 37.2 Å². The van der Waals surface area contributed by atoms with Crippen molar-refractivity contribution in [2.24, 2.45) is 7.05 Å². The van der Waals surface area contributed by atoms with Crippen molar-refractivity contribution in [1.29, 1.82) is 0 Å². The summed E-state index contributed by atoms with van der Waals surface area (Å²) in [5.74, 6) is 1.81. The molecule has 0 saturated carbocycles. The number of likely N-dealkylation sites (tertiary alicyclic amines) is 1. The summed E-state index contributed by atoms with van der Waals surface area (Å²) < 4.78 is 7.50. The van der Waals surface area contributed by atoms with Crippen molar-refractivity contribution in [3.8, 4) is 0 Å². The van der Waals surface area contributed by atoms with Gasteiger partial charge in [-0.05, 0) is 31.4 Å². The molecular weight excluding hydrogens is 340 g/mol. The Labute approximate surface area is 159 Å². The summed E-state index contributed by atoms with van der Waals surface area (Å²) in [6.07, 6.45) is 1.91. The molecule has 27 heavy (non-hydrogen) atoms. The molecule has 2 aromatic heterocycles. The molecule has 3 aromatic rings. The maximum atomic E-state index is 13.2. The van der Waals surface area contributed by atoms with Crippen LogP contribution in [-0.2, 0) is 7.05 Å². The van der Waals surface area contributed by atoms with E-state index in [4.69, 9.17) is 4.52 Å². The summed E-state index contributed by atoms with van der Waals surface area (Å²) >= 11 is 0. The predicted octanol–water partition coefficient (Wildman–Crippen LogP) is 4.01. The van der Waals surface area contributed by atoms with E-state index in [0.29, 0.717) is 12.4 Å². The topological polar surface area (TPSA) is 64.2 Å². The molecule has 0 spiro atoms. The molecule has 1 saturated heterocycles. The standard InChI is InChI=1S/C21H26N4O2/c1-13(2)19-22-20(27-23-19)16-9-6-10-25(12-16)21(26)17-11-15-8-5-7-14(3)18(15)24(17)4/h5,7-8,11,13,16H,6,9-10,12H2,1-4H3/t16-/m0/s1. The van der Waals surface area contributed by atoms with E-state index in [1.807, 2.05) is 42.5 Å². The van der Waals surface area contributed by atoms with E-state index in [1.165, 1.54) is 5.56 Å². The number of rotatable bonds is 3. The lowest BCUT2D eigenvalue weighted by Gasteiger charge is -2.31. The van der Waals surface area contributed by atoms with E-state index in [9.17, 15) is 4.79 Å². The van der Waals surface area contributed by atoms with E-state index < -0.39 is 0 Å². The molecule has 0 bridgehead atoms. The van der Waals surface area contributed by atoms with Crippen LogP contribution in [0.4, 0.5) is 0 Å². The summed E-state index contributed by atoms with van der Waals surface area (Å²) in [6, 6.07) is 8.17. The van der Waals surface area contributed by atoms with Crippen LogP contribution < -0.4 is 0 Å². The average Bonchev–Trinajstić information content (AvgIpc) is 3.27. The fourth-order valence-corrected chi connectivity index (χ4v) is 4.00. The van der Waals surface area contributed by atoms with Gasteiger partial charge in [-0.15, -0.1) is 0 Å². The highest BCUT2D eigenvalue weighted by molar-refractivity contribution is 5.99. The zero-order valence-corrected chi connectivity index (χ0v) is 16.4. The minimum atomic E-state index is 0.0707. The number of fused-ring (bicyclic) bond motifs is 1. The van der Waals surface area contributed by atoms with Gasteiger partial charge in [0.1, 0.15) is 5.69 Å². The zero-order valence-electron chi connectivity index (χ0n) is 16.4. The second-order valence-corrected chi connectivity index (χ2v) is 7.84. The van der Waals surface area contributed by atoms with Gasteiger partial charge in [-0.2, -0.15) is 4.98 Å². The highest BCUT2D eigenvalue weighted by atomic mass is 16.5. The highest BCUT2D eigenvalue weighted by Crippen LogP contribution is 2.29. The lowest BCUT2D eigenvalue weighted by molar-refractivity contribution is 0.0686. The molecule has 0 radical (unpaired) electrons. The number of piperidine rings is 1. The Hall–Kier alpha value is -2.63. The molecule has 6 nitrogen and oxygen atoms in total. The quantitative estimate of drug-likeness (QED) is 0.702. The minimum absolute atomic E-state index is 0.0707. The third-order valence-corrected chi connectivity index (χ3v) is 5.51. The SMILES string of the molecule is Cc1cccc2cc(C(=O)N3CCC[C@H](c4nc(C(C)C)no4)C3)n(C)c12. The molecule has 3 heterocycles. The fourth-order valence-electron chi connectivity index (χ4n) is 4.00. The predicted molar refractivity (Wildman–Crippen MR) is 104 cm³/mol. The van der Waals surface area contributed by atoms with Crippen LogP contribution in [0, 0.1) is 6.92 Å². The lowest BCUT2D eigenvalue weighted by atomic mass is 9.97. The van der Waals surface area contributed by atoms with Crippen LogP contribution in [0.2, 0.25) is 0 Å². The maximum Gasteiger partial charge on any atom is 0.270 e. The summed E-state index contributed by atoms with van der Waals surface area (Å²) in [7, 11) is 1.97. The van der Waals surface area contributed by atoms with Gasteiger partial charge in [0.15, 0.2) is 5.82 Å². The van der Waals surface area contributed by atoms with Gasteiger partial charge in [0, 0.05) is 31.4 Å². The number of hydrogen-bond donors (Lipinski definition) is 0. The summed E-state index contributed by atoms with van der Waals surface area (Å²) in [5.41, 5.74) is 3.03. The first-order chi connectivity index (χ1) is 13.0. The van der Waals surface area contributed by atoms with Crippen molar-refractivity contribution in [2.75, 3.05) is 13.1 Å². The van der Waals surface area contributed by atoms with E-state index >= 15 is 0 Å². The number of benzene rings is 1. The van der Waals surface area contributed by atoms with Gasteiger partial charge in [0.05, 0.1) is 11.4 Å². The number of para-hydroxylation sites is 1. The van der Waals surface area contributed by atoms with Gasteiger partial charge in [0.25, 0.3) is 5.91 Å². The first-order valence-electron chi connectivity index (χ1n) is 9.63. The molecule has 4 rings (SSSR count). The average molecular weight is 366 g/mol. The van der Waals surface area contributed by atoms with Crippen molar-refractivity contribution in [3.05, 3.63) is 47.2 Å². The number of hydrogen-bond acceptors (Lipinski definition) is 4. The Morgan fingerprint density at radius 1 is 1.33 bits per heavy atom. The number of amides is 1.